The molecule has 2 heterocycles. The van der Waals surface area contributed by atoms with Crippen molar-refractivity contribution in [3.63, 3.8) is 0 Å². The van der Waals surface area contributed by atoms with Gasteiger partial charge < -0.3 is 4.52 Å². The molecule has 0 radical (unpaired) electrons. The van der Waals surface area contributed by atoms with Crippen LogP contribution in [0.15, 0.2) is 55.0 Å². The lowest BCUT2D eigenvalue weighted by Gasteiger charge is -2.05. The number of sulfonamides is 1. The van der Waals surface area contributed by atoms with E-state index in [4.69, 9.17) is 4.52 Å². The molecule has 3 rings (SSSR count). The van der Waals surface area contributed by atoms with Gasteiger partial charge >= 0.3 is 0 Å². The van der Waals surface area contributed by atoms with Gasteiger partial charge in [-0.15, -0.1) is 11.3 Å². The number of anilines is 1. The highest BCUT2D eigenvalue weighted by Crippen LogP contribution is 2.30. The molecule has 1 aromatic carbocycles. The SMILES string of the molecule is Cc1ccccc1/C=C/Cc1ccsc1S(=O)(=O)Nc1onc(C)c1Br. The highest BCUT2D eigenvalue weighted by molar-refractivity contribution is 9.10. The largest absolute Gasteiger partial charge is 0.336 e. The Morgan fingerprint density at radius 3 is 2.73 bits per heavy atom. The van der Waals surface area contributed by atoms with Gasteiger partial charge in [0.1, 0.15) is 8.68 Å². The van der Waals surface area contributed by atoms with E-state index in [9.17, 15) is 8.42 Å². The summed E-state index contributed by atoms with van der Waals surface area (Å²) in [6.07, 6.45) is 4.50. The topological polar surface area (TPSA) is 72.2 Å². The number of rotatable bonds is 6. The first-order valence-electron chi connectivity index (χ1n) is 7.81. The standard InChI is InChI=1S/C18H17BrN2O3S2/c1-12-6-3-4-7-14(12)8-5-9-15-10-11-25-18(15)26(22,23)21-17-16(19)13(2)20-24-17/h3-8,10-11,21H,9H2,1-2H3/b8-5+. The molecule has 26 heavy (non-hydrogen) atoms. The molecule has 8 heteroatoms. The van der Waals surface area contributed by atoms with Gasteiger partial charge in [-0.25, -0.2) is 13.1 Å². The lowest BCUT2D eigenvalue weighted by molar-refractivity contribution is 0.430. The third kappa shape index (κ3) is 4.08. The molecular weight excluding hydrogens is 436 g/mol. The van der Waals surface area contributed by atoms with E-state index in [1.54, 1.807) is 12.3 Å². The van der Waals surface area contributed by atoms with Gasteiger partial charge in [-0.2, -0.15) is 0 Å². The molecule has 0 fully saturated rings. The summed E-state index contributed by atoms with van der Waals surface area (Å²) < 4.78 is 33.6. The summed E-state index contributed by atoms with van der Waals surface area (Å²) >= 11 is 4.44. The number of aryl methyl sites for hydroxylation is 2. The molecule has 0 bridgehead atoms. The molecule has 0 unspecified atom stereocenters. The maximum absolute atomic E-state index is 12.7. The van der Waals surface area contributed by atoms with Crippen LogP contribution < -0.4 is 4.72 Å². The van der Waals surface area contributed by atoms with Gasteiger partial charge in [0.15, 0.2) is 0 Å². The van der Waals surface area contributed by atoms with Crippen LogP contribution in [0.2, 0.25) is 0 Å². The molecule has 3 aromatic rings. The molecule has 0 aliphatic heterocycles. The molecular formula is C18H17BrN2O3S2. The van der Waals surface area contributed by atoms with Gasteiger partial charge in [0.2, 0.25) is 0 Å². The number of allylic oxidation sites excluding steroid dienone is 1. The predicted octanol–water partition coefficient (Wildman–Crippen LogP) is 5.17. The Kier molecular flexibility index (Phi) is 5.64. The van der Waals surface area contributed by atoms with Gasteiger partial charge in [-0.05, 0) is 64.3 Å². The highest BCUT2D eigenvalue weighted by Gasteiger charge is 2.23. The molecule has 0 saturated carbocycles. The molecule has 0 amide bonds. The van der Waals surface area contributed by atoms with E-state index in [2.05, 4.69) is 25.8 Å². The fourth-order valence-corrected chi connectivity index (χ4v) is 5.19. The summed E-state index contributed by atoms with van der Waals surface area (Å²) in [5, 5.41) is 5.51. The van der Waals surface area contributed by atoms with E-state index in [0.29, 0.717) is 16.6 Å². The Hall–Kier alpha value is -1.90. The second-order valence-corrected chi connectivity index (χ2v) is 9.30. The minimum atomic E-state index is -3.74. The second kappa shape index (κ2) is 7.77. The summed E-state index contributed by atoms with van der Waals surface area (Å²) in [6, 6.07) is 9.87. The average Bonchev–Trinajstić information content (AvgIpc) is 3.19. The van der Waals surface area contributed by atoms with Crippen LogP contribution in [0.5, 0.6) is 0 Å². The number of thiophene rings is 1. The van der Waals surface area contributed by atoms with Crippen LogP contribution in [0.4, 0.5) is 5.88 Å². The maximum Gasteiger partial charge on any atom is 0.274 e. The monoisotopic (exact) mass is 452 g/mol. The van der Waals surface area contributed by atoms with E-state index in [-0.39, 0.29) is 10.1 Å². The van der Waals surface area contributed by atoms with Crippen molar-refractivity contribution in [2.24, 2.45) is 0 Å². The Balaban J connectivity index is 1.79. The summed E-state index contributed by atoms with van der Waals surface area (Å²) in [6.45, 7) is 3.76. The number of benzene rings is 1. The van der Waals surface area contributed by atoms with Gasteiger partial charge in [0.25, 0.3) is 15.9 Å². The van der Waals surface area contributed by atoms with Crippen LogP contribution in [-0.4, -0.2) is 13.6 Å². The minimum absolute atomic E-state index is 0.0808. The normalized spacial score (nSPS) is 12.0. The summed E-state index contributed by atoms with van der Waals surface area (Å²) in [7, 11) is -3.74. The van der Waals surface area contributed by atoms with E-state index >= 15 is 0 Å². The number of hydrogen-bond acceptors (Lipinski definition) is 5. The molecule has 0 spiro atoms. The lowest BCUT2D eigenvalue weighted by Crippen LogP contribution is -2.13. The lowest BCUT2D eigenvalue weighted by atomic mass is 10.1. The maximum atomic E-state index is 12.7. The van der Waals surface area contributed by atoms with Crippen molar-refractivity contribution >= 4 is 49.3 Å². The fraction of sp³-hybridized carbons (Fsp3) is 0.167. The zero-order valence-corrected chi connectivity index (χ0v) is 17.4. The zero-order valence-electron chi connectivity index (χ0n) is 14.2. The van der Waals surface area contributed by atoms with Crippen molar-refractivity contribution in [1.82, 2.24) is 5.16 Å². The van der Waals surface area contributed by atoms with Crippen LogP contribution in [0.1, 0.15) is 22.4 Å². The van der Waals surface area contributed by atoms with Gasteiger partial charge in [-0.1, -0.05) is 41.6 Å². The molecule has 2 aromatic heterocycles. The fourth-order valence-electron chi connectivity index (χ4n) is 2.39. The summed E-state index contributed by atoms with van der Waals surface area (Å²) in [5.41, 5.74) is 3.61. The molecule has 5 nitrogen and oxygen atoms in total. The molecule has 1 N–H and O–H groups in total. The van der Waals surface area contributed by atoms with E-state index < -0.39 is 10.0 Å². The number of hydrogen-bond donors (Lipinski definition) is 1. The molecule has 0 aliphatic carbocycles. The van der Waals surface area contributed by atoms with Gasteiger partial charge in [-0.3, -0.25) is 0 Å². The third-order valence-electron chi connectivity index (χ3n) is 3.79. The summed E-state index contributed by atoms with van der Waals surface area (Å²) in [5.74, 6) is 0.0808. The van der Waals surface area contributed by atoms with Crippen LogP contribution >= 0.6 is 27.3 Å². The first kappa shape index (κ1) is 18.9. The Morgan fingerprint density at radius 1 is 1.27 bits per heavy atom. The number of nitrogens with one attached hydrogen (secondary N) is 1. The highest BCUT2D eigenvalue weighted by atomic mass is 79.9. The zero-order chi connectivity index (χ0) is 18.7. The van der Waals surface area contributed by atoms with Crippen LogP contribution in [-0.2, 0) is 16.4 Å². The Bertz CT molecular complexity index is 1050. The van der Waals surface area contributed by atoms with Crippen molar-refractivity contribution < 1.29 is 12.9 Å². The van der Waals surface area contributed by atoms with E-state index in [1.165, 1.54) is 16.9 Å². The van der Waals surface area contributed by atoms with Crippen LogP contribution in [0, 0.1) is 13.8 Å². The quantitative estimate of drug-likeness (QED) is 0.559. The van der Waals surface area contributed by atoms with Crippen molar-refractivity contribution in [2.75, 3.05) is 4.72 Å². The van der Waals surface area contributed by atoms with Crippen molar-refractivity contribution in [3.05, 3.63) is 68.6 Å². The molecule has 0 saturated heterocycles. The van der Waals surface area contributed by atoms with Crippen LogP contribution in [0.3, 0.4) is 0 Å². The van der Waals surface area contributed by atoms with Gasteiger partial charge in [0.05, 0.1) is 5.69 Å². The van der Waals surface area contributed by atoms with E-state index in [1.807, 2.05) is 49.4 Å². The van der Waals surface area contributed by atoms with Crippen molar-refractivity contribution in [1.29, 1.82) is 0 Å². The predicted molar refractivity (Wildman–Crippen MR) is 108 cm³/mol. The first-order valence-corrected chi connectivity index (χ1v) is 11.0. The smallest absolute Gasteiger partial charge is 0.274 e. The first-order chi connectivity index (χ1) is 12.4. The molecule has 136 valence electrons. The number of aromatic nitrogens is 1. The van der Waals surface area contributed by atoms with Crippen molar-refractivity contribution in [3.8, 4) is 0 Å². The average molecular weight is 453 g/mol. The van der Waals surface area contributed by atoms with Gasteiger partial charge in [0, 0.05) is 0 Å². The Labute approximate surface area is 164 Å². The second-order valence-electron chi connectivity index (χ2n) is 5.71. The molecule has 0 atom stereocenters. The third-order valence-corrected chi connectivity index (χ3v) is 7.63. The number of nitrogens with zero attached hydrogens (tertiary/aromatic N) is 1. The van der Waals surface area contributed by atoms with E-state index in [0.717, 1.165) is 11.1 Å². The summed E-state index contributed by atoms with van der Waals surface area (Å²) in [4.78, 5) is 0. The Morgan fingerprint density at radius 2 is 2.04 bits per heavy atom. The molecule has 0 aliphatic rings. The van der Waals surface area contributed by atoms with Crippen LogP contribution in [0.25, 0.3) is 6.08 Å². The minimum Gasteiger partial charge on any atom is -0.336 e. The number of halogens is 1. The van der Waals surface area contributed by atoms with Crippen molar-refractivity contribution in [2.45, 2.75) is 24.5 Å².